The van der Waals surface area contributed by atoms with E-state index in [0.717, 1.165) is 45.0 Å². The molecule has 0 atom stereocenters. The van der Waals surface area contributed by atoms with Gasteiger partial charge in [-0.1, -0.05) is 6.42 Å². The van der Waals surface area contributed by atoms with Crippen molar-refractivity contribution in [3.8, 4) is 0 Å². The Hall–Kier alpha value is -1.62. The molecule has 24 heavy (non-hydrogen) atoms. The molecule has 0 bridgehead atoms. The summed E-state index contributed by atoms with van der Waals surface area (Å²) < 4.78 is 13.0. The van der Waals surface area contributed by atoms with E-state index >= 15 is 0 Å². The molecule has 2 saturated heterocycles. The molecule has 1 aliphatic carbocycles. The van der Waals surface area contributed by atoms with Crippen LogP contribution in [0.5, 0.6) is 0 Å². The lowest BCUT2D eigenvalue weighted by Gasteiger charge is -2.39. The number of amides is 1. The number of rotatable bonds is 3. The Balaban J connectivity index is 1.26. The zero-order valence-electron chi connectivity index (χ0n) is 14.2. The summed E-state index contributed by atoms with van der Waals surface area (Å²) in [5, 5.41) is 0. The number of halogens is 1. The zero-order valence-corrected chi connectivity index (χ0v) is 14.2. The van der Waals surface area contributed by atoms with Gasteiger partial charge in [0.25, 0.3) is 0 Å². The Bertz CT molecular complexity index is 591. The second-order valence-corrected chi connectivity index (χ2v) is 7.66. The van der Waals surface area contributed by atoms with Gasteiger partial charge in [0.1, 0.15) is 5.82 Å². The monoisotopic (exact) mass is 331 g/mol. The molecule has 1 aromatic carbocycles. The van der Waals surface area contributed by atoms with E-state index in [0.29, 0.717) is 12.0 Å². The lowest BCUT2D eigenvalue weighted by atomic mass is 9.68. The average Bonchev–Trinajstić information content (AvgIpc) is 3.00. The maximum atomic E-state index is 13.0. The van der Waals surface area contributed by atoms with Gasteiger partial charge in [-0.3, -0.25) is 9.69 Å². The summed E-state index contributed by atoms with van der Waals surface area (Å²) in [5.74, 6) is 0.0625. The minimum absolute atomic E-state index is 0.206. The second kappa shape index (κ2) is 6.36. The normalized spacial score (nSPS) is 23.5. The number of hydrogen-bond donors (Lipinski definition) is 0. The van der Waals surface area contributed by atoms with Crippen LogP contribution >= 0.6 is 0 Å². The van der Waals surface area contributed by atoms with Gasteiger partial charge in [0.15, 0.2) is 0 Å². The van der Waals surface area contributed by atoms with E-state index in [2.05, 4.69) is 9.80 Å². The first-order valence-electron chi connectivity index (χ1n) is 9.14. The molecule has 4 rings (SSSR count). The summed E-state index contributed by atoms with van der Waals surface area (Å²) in [6.45, 7) is 5.95. The molecule has 130 valence electrons. The molecule has 0 unspecified atom stereocenters. The quantitative estimate of drug-likeness (QED) is 0.851. The molecular weight excluding hydrogens is 305 g/mol. The maximum Gasteiger partial charge on any atom is 0.236 e. The van der Waals surface area contributed by atoms with Gasteiger partial charge in [-0.15, -0.1) is 0 Å². The third-order valence-electron chi connectivity index (χ3n) is 6.11. The summed E-state index contributed by atoms with van der Waals surface area (Å²) in [7, 11) is 0. The van der Waals surface area contributed by atoms with Crippen molar-refractivity contribution in [2.75, 3.05) is 50.7 Å². The molecule has 3 fully saturated rings. The number of carbonyl (C=O) groups excluding carboxylic acids is 1. The second-order valence-electron chi connectivity index (χ2n) is 7.66. The number of likely N-dealkylation sites (tertiary alicyclic amines) is 1. The van der Waals surface area contributed by atoms with Crippen LogP contribution in [0.3, 0.4) is 0 Å². The molecule has 2 aliphatic heterocycles. The van der Waals surface area contributed by atoms with E-state index < -0.39 is 0 Å². The predicted molar refractivity (Wildman–Crippen MR) is 92.5 cm³/mol. The first-order valence-corrected chi connectivity index (χ1v) is 9.14. The van der Waals surface area contributed by atoms with Crippen molar-refractivity contribution in [3.63, 3.8) is 0 Å². The van der Waals surface area contributed by atoms with Crippen LogP contribution in [0.1, 0.15) is 25.7 Å². The van der Waals surface area contributed by atoms with Crippen LogP contribution in [0, 0.1) is 11.2 Å². The molecule has 4 nitrogen and oxygen atoms in total. The van der Waals surface area contributed by atoms with Crippen molar-refractivity contribution in [2.24, 2.45) is 5.41 Å². The number of anilines is 1. The summed E-state index contributed by atoms with van der Waals surface area (Å²) in [6.07, 6.45) is 5.35. The summed E-state index contributed by atoms with van der Waals surface area (Å²) in [4.78, 5) is 19.1. The van der Waals surface area contributed by atoms with E-state index in [9.17, 15) is 9.18 Å². The molecule has 5 heteroatoms. The Kier molecular flexibility index (Phi) is 4.21. The zero-order chi connectivity index (χ0) is 16.6. The van der Waals surface area contributed by atoms with Crippen LogP contribution in [0.25, 0.3) is 0 Å². The van der Waals surface area contributed by atoms with Crippen LogP contribution in [-0.4, -0.2) is 61.5 Å². The number of benzene rings is 1. The van der Waals surface area contributed by atoms with Gasteiger partial charge in [0.05, 0.1) is 6.54 Å². The highest BCUT2D eigenvalue weighted by Crippen LogP contribution is 2.47. The molecule has 0 N–H and O–H groups in total. The van der Waals surface area contributed by atoms with Gasteiger partial charge in [0.2, 0.25) is 5.91 Å². The van der Waals surface area contributed by atoms with E-state index in [1.54, 1.807) is 0 Å². The third kappa shape index (κ3) is 3.14. The number of hydrogen-bond acceptors (Lipinski definition) is 3. The number of piperazine rings is 1. The average molecular weight is 331 g/mol. The van der Waals surface area contributed by atoms with E-state index in [1.165, 1.54) is 37.8 Å². The van der Waals surface area contributed by atoms with Crippen LogP contribution < -0.4 is 4.90 Å². The van der Waals surface area contributed by atoms with Gasteiger partial charge in [0, 0.05) is 38.4 Å². The smallest absolute Gasteiger partial charge is 0.236 e. The molecule has 2 heterocycles. The molecule has 1 saturated carbocycles. The van der Waals surface area contributed by atoms with Gasteiger partial charge >= 0.3 is 0 Å². The Morgan fingerprint density at radius 1 is 1.00 bits per heavy atom. The molecule has 1 amide bonds. The van der Waals surface area contributed by atoms with Crippen molar-refractivity contribution in [1.29, 1.82) is 0 Å². The van der Waals surface area contributed by atoms with Gasteiger partial charge in [-0.05, 0) is 55.5 Å². The highest BCUT2D eigenvalue weighted by molar-refractivity contribution is 5.78. The summed E-state index contributed by atoms with van der Waals surface area (Å²) in [6, 6.07) is 6.62. The minimum Gasteiger partial charge on any atom is -0.368 e. The first-order chi connectivity index (χ1) is 11.6. The minimum atomic E-state index is -0.206. The highest BCUT2D eigenvalue weighted by atomic mass is 19.1. The van der Waals surface area contributed by atoms with Gasteiger partial charge in [-0.2, -0.15) is 0 Å². The molecular formula is C19H26FN3O. The molecule has 1 aromatic rings. The van der Waals surface area contributed by atoms with Crippen molar-refractivity contribution in [1.82, 2.24) is 9.80 Å². The molecule has 3 aliphatic rings. The van der Waals surface area contributed by atoms with Crippen LogP contribution in [0.2, 0.25) is 0 Å². The van der Waals surface area contributed by atoms with Crippen LogP contribution in [0.4, 0.5) is 10.1 Å². The maximum absolute atomic E-state index is 13.0. The van der Waals surface area contributed by atoms with Crippen LogP contribution in [-0.2, 0) is 4.79 Å². The fraction of sp³-hybridized carbons (Fsp3) is 0.632. The summed E-state index contributed by atoms with van der Waals surface area (Å²) in [5.41, 5.74) is 1.59. The standard InChI is InChI=1S/C19H26FN3O/c20-16-2-4-17(5-3-16)22-10-12-23(13-11-22)18(24)14-21-9-8-19(15-21)6-1-7-19/h2-5H,1,6-15H2. The van der Waals surface area contributed by atoms with E-state index in [4.69, 9.17) is 0 Å². The molecule has 0 radical (unpaired) electrons. The lowest BCUT2D eigenvalue weighted by Crippen LogP contribution is -2.51. The Morgan fingerprint density at radius 2 is 1.71 bits per heavy atom. The van der Waals surface area contributed by atoms with Gasteiger partial charge < -0.3 is 9.80 Å². The van der Waals surface area contributed by atoms with Crippen molar-refractivity contribution < 1.29 is 9.18 Å². The van der Waals surface area contributed by atoms with E-state index in [-0.39, 0.29) is 11.7 Å². The van der Waals surface area contributed by atoms with Crippen molar-refractivity contribution >= 4 is 11.6 Å². The Morgan fingerprint density at radius 3 is 2.29 bits per heavy atom. The largest absolute Gasteiger partial charge is 0.368 e. The van der Waals surface area contributed by atoms with Crippen molar-refractivity contribution in [3.05, 3.63) is 30.1 Å². The fourth-order valence-corrected chi connectivity index (χ4v) is 4.40. The number of carbonyl (C=O) groups is 1. The van der Waals surface area contributed by atoms with Crippen molar-refractivity contribution in [2.45, 2.75) is 25.7 Å². The molecule has 0 aromatic heterocycles. The topological polar surface area (TPSA) is 26.8 Å². The third-order valence-corrected chi connectivity index (χ3v) is 6.11. The predicted octanol–water partition coefficient (Wildman–Crippen LogP) is 2.35. The SMILES string of the molecule is O=C(CN1CCC2(CCC2)C1)N1CCN(c2ccc(F)cc2)CC1. The fourth-order valence-electron chi connectivity index (χ4n) is 4.40. The highest BCUT2D eigenvalue weighted by Gasteiger charge is 2.43. The molecule has 1 spiro atoms. The first kappa shape index (κ1) is 15.9. The Labute approximate surface area is 143 Å². The lowest BCUT2D eigenvalue weighted by molar-refractivity contribution is -0.132. The summed E-state index contributed by atoms with van der Waals surface area (Å²) >= 11 is 0. The van der Waals surface area contributed by atoms with Gasteiger partial charge in [-0.25, -0.2) is 4.39 Å². The van der Waals surface area contributed by atoms with Crippen LogP contribution in [0.15, 0.2) is 24.3 Å². The number of nitrogens with zero attached hydrogens (tertiary/aromatic N) is 3. The van der Waals surface area contributed by atoms with E-state index in [1.807, 2.05) is 17.0 Å².